The minimum Gasteiger partial charge on any atom is -0.492 e. The van der Waals surface area contributed by atoms with Gasteiger partial charge < -0.3 is 9.84 Å². The molecule has 2 rings (SSSR count). The van der Waals surface area contributed by atoms with Crippen molar-refractivity contribution in [1.29, 1.82) is 0 Å². The van der Waals surface area contributed by atoms with E-state index in [2.05, 4.69) is 0 Å². The quantitative estimate of drug-likeness (QED) is 0.566. The summed E-state index contributed by atoms with van der Waals surface area (Å²) in [4.78, 5) is 11.7. The zero-order valence-corrected chi connectivity index (χ0v) is 14.9. The van der Waals surface area contributed by atoms with Gasteiger partial charge in [0.1, 0.15) is 5.75 Å². The van der Waals surface area contributed by atoms with E-state index in [1.165, 1.54) is 0 Å². The Morgan fingerprint density at radius 1 is 1.21 bits per heavy atom. The summed E-state index contributed by atoms with van der Waals surface area (Å²) in [6.07, 6.45) is 2.54. The van der Waals surface area contributed by atoms with Crippen LogP contribution >= 0.6 is 11.6 Å². The van der Waals surface area contributed by atoms with Crippen LogP contribution in [0.3, 0.4) is 0 Å². The lowest BCUT2D eigenvalue weighted by Crippen LogP contribution is -2.02. The van der Waals surface area contributed by atoms with Crippen LogP contribution in [0.5, 0.6) is 5.75 Å². The van der Waals surface area contributed by atoms with Crippen LogP contribution < -0.4 is 4.74 Å². The molecule has 0 radical (unpaired) electrons. The van der Waals surface area contributed by atoms with E-state index in [1.54, 1.807) is 18.2 Å². The molecular formula is C20H21ClO3. The van der Waals surface area contributed by atoms with Crippen LogP contribution in [0, 0.1) is 13.8 Å². The molecule has 0 atom stereocenters. The van der Waals surface area contributed by atoms with Crippen LogP contribution in [0.4, 0.5) is 0 Å². The molecule has 0 bridgehead atoms. The molecule has 1 N–H and O–H groups in total. The fourth-order valence-corrected chi connectivity index (χ4v) is 2.63. The van der Waals surface area contributed by atoms with Crippen LogP contribution in [0.25, 0.3) is 11.6 Å². The lowest BCUT2D eigenvalue weighted by atomic mass is 9.96. The van der Waals surface area contributed by atoms with Crippen molar-refractivity contribution in [3.63, 3.8) is 0 Å². The van der Waals surface area contributed by atoms with Crippen molar-refractivity contribution in [3.8, 4) is 5.75 Å². The Morgan fingerprint density at radius 2 is 1.96 bits per heavy atom. The summed E-state index contributed by atoms with van der Waals surface area (Å²) in [5.41, 5.74) is 3.62. The highest BCUT2D eigenvalue weighted by molar-refractivity contribution is 6.32. The lowest BCUT2D eigenvalue weighted by Gasteiger charge is -2.10. The molecule has 0 aliphatic carbocycles. The third-order valence-electron chi connectivity index (χ3n) is 3.64. The second kappa shape index (κ2) is 8.02. The monoisotopic (exact) mass is 344 g/mol. The van der Waals surface area contributed by atoms with Gasteiger partial charge in [0, 0.05) is 0 Å². The second-order valence-corrected chi connectivity index (χ2v) is 6.13. The van der Waals surface area contributed by atoms with E-state index >= 15 is 0 Å². The molecule has 0 aliphatic heterocycles. The van der Waals surface area contributed by atoms with E-state index in [-0.39, 0.29) is 5.57 Å². The van der Waals surface area contributed by atoms with E-state index in [0.29, 0.717) is 22.9 Å². The Balaban J connectivity index is 2.43. The summed E-state index contributed by atoms with van der Waals surface area (Å²) in [7, 11) is 0. The van der Waals surface area contributed by atoms with Crippen LogP contribution in [0.15, 0.2) is 36.4 Å². The van der Waals surface area contributed by atoms with E-state index in [1.807, 2.05) is 45.0 Å². The molecule has 0 heterocycles. The summed E-state index contributed by atoms with van der Waals surface area (Å²) in [5, 5.41) is 10.1. The maximum atomic E-state index is 11.7. The highest BCUT2D eigenvalue weighted by Crippen LogP contribution is 2.29. The first-order valence-electron chi connectivity index (χ1n) is 7.87. The summed E-state index contributed by atoms with van der Waals surface area (Å²) in [6, 6.07) is 11.1. The number of benzene rings is 2. The van der Waals surface area contributed by atoms with Crippen molar-refractivity contribution in [2.75, 3.05) is 6.61 Å². The maximum Gasteiger partial charge on any atom is 0.336 e. The van der Waals surface area contributed by atoms with Gasteiger partial charge in [0.25, 0.3) is 0 Å². The number of halogens is 1. The van der Waals surface area contributed by atoms with Gasteiger partial charge >= 0.3 is 5.97 Å². The normalized spacial score (nSPS) is 11.4. The smallest absolute Gasteiger partial charge is 0.336 e. The number of carbonyl (C=O) groups is 1. The van der Waals surface area contributed by atoms with Gasteiger partial charge in [-0.3, -0.25) is 0 Å². The number of aryl methyl sites for hydroxylation is 2. The van der Waals surface area contributed by atoms with Gasteiger partial charge in [-0.05, 0) is 55.2 Å². The summed E-state index contributed by atoms with van der Waals surface area (Å²) >= 11 is 6.23. The van der Waals surface area contributed by atoms with Crippen molar-refractivity contribution < 1.29 is 14.6 Å². The van der Waals surface area contributed by atoms with E-state index in [0.717, 1.165) is 23.1 Å². The molecule has 0 unspecified atom stereocenters. The van der Waals surface area contributed by atoms with Gasteiger partial charge in [-0.2, -0.15) is 0 Å². The third-order valence-corrected chi connectivity index (χ3v) is 3.94. The fourth-order valence-electron chi connectivity index (χ4n) is 2.38. The van der Waals surface area contributed by atoms with Gasteiger partial charge in [-0.15, -0.1) is 0 Å². The van der Waals surface area contributed by atoms with Crippen LogP contribution in [-0.2, 0) is 4.79 Å². The number of hydrogen-bond donors (Lipinski definition) is 1. The molecule has 3 nitrogen and oxygen atoms in total. The highest BCUT2D eigenvalue weighted by atomic mass is 35.5. The number of carboxylic acid groups (broad SMARTS) is 1. The second-order valence-electron chi connectivity index (χ2n) is 5.72. The van der Waals surface area contributed by atoms with Gasteiger partial charge in [0.05, 0.1) is 17.2 Å². The van der Waals surface area contributed by atoms with Crippen LogP contribution in [0.2, 0.25) is 5.02 Å². The Labute approximate surface area is 147 Å². The van der Waals surface area contributed by atoms with Crippen molar-refractivity contribution >= 4 is 29.2 Å². The largest absolute Gasteiger partial charge is 0.492 e. The Bertz CT molecular complexity index is 778. The molecule has 0 fully saturated rings. The lowest BCUT2D eigenvalue weighted by molar-refractivity contribution is -0.130. The topological polar surface area (TPSA) is 46.5 Å². The molecule has 0 amide bonds. The highest BCUT2D eigenvalue weighted by Gasteiger charge is 2.14. The predicted molar refractivity (Wildman–Crippen MR) is 98.7 cm³/mol. The molecule has 0 spiro atoms. The van der Waals surface area contributed by atoms with Gasteiger partial charge in [0.15, 0.2) is 0 Å². The third kappa shape index (κ3) is 4.39. The molecule has 0 saturated carbocycles. The molecular weight excluding hydrogens is 324 g/mol. The number of rotatable bonds is 6. The van der Waals surface area contributed by atoms with Gasteiger partial charge in [-0.25, -0.2) is 4.79 Å². The average Bonchev–Trinajstić information content (AvgIpc) is 2.54. The zero-order chi connectivity index (χ0) is 17.7. The van der Waals surface area contributed by atoms with Crippen molar-refractivity contribution in [2.24, 2.45) is 0 Å². The fraction of sp³-hybridized carbons (Fsp3) is 0.250. The Kier molecular flexibility index (Phi) is 6.04. The van der Waals surface area contributed by atoms with Crippen molar-refractivity contribution in [2.45, 2.75) is 27.2 Å². The molecule has 0 saturated heterocycles. The molecule has 0 aliphatic rings. The number of aliphatic carboxylic acids is 1. The number of hydrogen-bond acceptors (Lipinski definition) is 2. The van der Waals surface area contributed by atoms with E-state index in [4.69, 9.17) is 16.3 Å². The molecule has 2 aromatic rings. The Morgan fingerprint density at radius 3 is 2.58 bits per heavy atom. The first-order chi connectivity index (χ1) is 11.4. The summed E-state index contributed by atoms with van der Waals surface area (Å²) in [6.45, 7) is 6.46. The summed E-state index contributed by atoms with van der Waals surface area (Å²) < 4.78 is 5.54. The van der Waals surface area contributed by atoms with Crippen LogP contribution in [-0.4, -0.2) is 17.7 Å². The molecule has 2 aromatic carbocycles. The maximum absolute atomic E-state index is 11.7. The molecule has 0 aromatic heterocycles. The van der Waals surface area contributed by atoms with E-state index < -0.39 is 5.97 Å². The average molecular weight is 345 g/mol. The van der Waals surface area contributed by atoms with E-state index in [9.17, 15) is 9.90 Å². The standard InChI is InChI=1S/C20H21ClO3/c1-4-9-24-19-8-7-15(12-18(19)21)11-17(20(22)23)16-10-13(2)5-6-14(16)3/h5-8,10-12H,4,9H2,1-3H3,(H,22,23)/b17-11-. The SMILES string of the molecule is CCCOc1ccc(/C=C(\C(=O)O)c2cc(C)ccc2C)cc1Cl. The van der Waals surface area contributed by atoms with Crippen molar-refractivity contribution in [1.82, 2.24) is 0 Å². The predicted octanol–water partition coefficient (Wildman–Crippen LogP) is 5.37. The summed E-state index contributed by atoms with van der Waals surface area (Å²) in [5.74, 6) is -0.356. The van der Waals surface area contributed by atoms with Crippen molar-refractivity contribution in [3.05, 3.63) is 63.7 Å². The minimum absolute atomic E-state index is 0.245. The van der Waals surface area contributed by atoms with Gasteiger partial charge in [0.2, 0.25) is 0 Å². The molecule has 24 heavy (non-hydrogen) atoms. The van der Waals surface area contributed by atoms with Gasteiger partial charge in [-0.1, -0.05) is 48.4 Å². The molecule has 4 heteroatoms. The molecule has 126 valence electrons. The zero-order valence-electron chi connectivity index (χ0n) is 14.1. The first-order valence-corrected chi connectivity index (χ1v) is 8.25. The van der Waals surface area contributed by atoms with Crippen LogP contribution in [0.1, 0.15) is 35.6 Å². The number of ether oxygens (including phenoxy) is 1. The Hall–Kier alpha value is -2.26. The minimum atomic E-state index is -0.967. The first kappa shape index (κ1) is 18.1. The number of carboxylic acids is 1.